The van der Waals surface area contributed by atoms with E-state index in [1.807, 2.05) is 43.3 Å². The van der Waals surface area contributed by atoms with Crippen molar-refractivity contribution in [2.45, 2.75) is 13.3 Å². The minimum atomic E-state index is -0.0106. The molecule has 20 heavy (non-hydrogen) atoms. The van der Waals surface area contributed by atoms with E-state index in [2.05, 4.69) is 10.6 Å². The number of rotatable bonds is 4. The smallest absolute Gasteiger partial charge is 0.224 e. The third-order valence-corrected chi connectivity index (χ3v) is 3.54. The summed E-state index contributed by atoms with van der Waals surface area (Å²) in [6.45, 7) is 1.81. The van der Waals surface area contributed by atoms with E-state index in [4.69, 9.17) is 23.2 Å². The van der Waals surface area contributed by atoms with Crippen LogP contribution in [0.4, 0.5) is 17.1 Å². The highest BCUT2D eigenvalue weighted by atomic mass is 35.5. The Bertz CT molecular complexity index is 612. The topological polar surface area (TPSA) is 41.1 Å². The summed E-state index contributed by atoms with van der Waals surface area (Å²) in [7, 11) is 0. The van der Waals surface area contributed by atoms with Crippen LogP contribution in [0.5, 0.6) is 0 Å². The molecule has 5 heteroatoms. The predicted octanol–water partition coefficient (Wildman–Crippen LogP) is 5.09. The lowest BCUT2D eigenvalue weighted by atomic mass is 10.2. The van der Waals surface area contributed by atoms with Gasteiger partial charge in [-0.2, -0.15) is 0 Å². The second-order valence-electron chi connectivity index (χ2n) is 4.21. The molecule has 1 amide bonds. The van der Waals surface area contributed by atoms with Crippen LogP contribution in [0.3, 0.4) is 0 Å². The minimum absolute atomic E-state index is 0.0106. The molecule has 0 spiro atoms. The molecular formula is C15H14Cl2N2O. The number of carbonyl (C=O) groups is 1. The van der Waals surface area contributed by atoms with Gasteiger partial charge in [0.1, 0.15) is 0 Å². The lowest BCUT2D eigenvalue weighted by molar-refractivity contribution is -0.115. The van der Waals surface area contributed by atoms with Gasteiger partial charge in [0, 0.05) is 17.8 Å². The van der Waals surface area contributed by atoms with E-state index in [0.717, 1.165) is 17.1 Å². The average Bonchev–Trinajstić information content (AvgIpc) is 2.46. The number of hydrogen-bond donors (Lipinski definition) is 2. The molecule has 0 aliphatic carbocycles. The monoisotopic (exact) mass is 308 g/mol. The first-order chi connectivity index (χ1) is 9.60. The van der Waals surface area contributed by atoms with Crippen LogP contribution >= 0.6 is 23.2 Å². The van der Waals surface area contributed by atoms with E-state index in [1.165, 1.54) is 0 Å². The molecule has 0 bridgehead atoms. The van der Waals surface area contributed by atoms with Crippen LogP contribution < -0.4 is 10.6 Å². The molecular weight excluding hydrogens is 295 g/mol. The molecule has 0 heterocycles. The van der Waals surface area contributed by atoms with Gasteiger partial charge in [0.25, 0.3) is 0 Å². The molecule has 0 aliphatic heterocycles. The van der Waals surface area contributed by atoms with Gasteiger partial charge in [-0.1, -0.05) is 36.2 Å². The van der Waals surface area contributed by atoms with Crippen molar-refractivity contribution in [3.05, 3.63) is 52.5 Å². The molecule has 0 saturated heterocycles. The van der Waals surface area contributed by atoms with E-state index < -0.39 is 0 Å². The number of amides is 1. The summed E-state index contributed by atoms with van der Waals surface area (Å²) in [5.41, 5.74) is 2.37. The largest absolute Gasteiger partial charge is 0.354 e. The lowest BCUT2D eigenvalue weighted by Crippen LogP contribution is -2.09. The Labute approximate surface area is 127 Å². The average molecular weight is 309 g/mol. The third-order valence-electron chi connectivity index (χ3n) is 2.72. The number of halogens is 2. The quantitative estimate of drug-likeness (QED) is 0.826. The molecule has 2 rings (SSSR count). The first-order valence-corrected chi connectivity index (χ1v) is 6.96. The van der Waals surface area contributed by atoms with E-state index >= 15 is 0 Å². The zero-order valence-electron chi connectivity index (χ0n) is 10.9. The summed E-state index contributed by atoms with van der Waals surface area (Å²) in [6, 6.07) is 12.8. The Morgan fingerprint density at radius 2 is 1.70 bits per heavy atom. The lowest BCUT2D eigenvalue weighted by Gasteiger charge is -2.10. The van der Waals surface area contributed by atoms with Gasteiger partial charge >= 0.3 is 0 Å². The number of carbonyl (C=O) groups excluding carboxylic acids is 1. The van der Waals surface area contributed by atoms with Gasteiger partial charge < -0.3 is 10.6 Å². The highest BCUT2D eigenvalue weighted by Gasteiger charge is 2.04. The summed E-state index contributed by atoms with van der Waals surface area (Å²) in [6.07, 6.45) is 0.456. The van der Waals surface area contributed by atoms with Crippen molar-refractivity contribution in [3.8, 4) is 0 Å². The Morgan fingerprint density at radius 1 is 1.05 bits per heavy atom. The summed E-state index contributed by atoms with van der Waals surface area (Å²) in [5.74, 6) is -0.0106. The summed E-state index contributed by atoms with van der Waals surface area (Å²) < 4.78 is 0. The van der Waals surface area contributed by atoms with Gasteiger partial charge in [-0.25, -0.2) is 0 Å². The Kier molecular flexibility index (Phi) is 4.88. The SMILES string of the molecule is CCC(=O)Nc1ccc(Nc2cccc(Cl)c2Cl)cc1. The van der Waals surface area contributed by atoms with Crippen molar-refractivity contribution in [1.29, 1.82) is 0 Å². The van der Waals surface area contributed by atoms with Crippen LogP contribution in [0.15, 0.2) is 42.5 Å². The van der Waals surface area contributed by atoms with Crippen LogP contribution in [0.2, 0.25) is 10.0 Å². The molecule has 0 saturated carbocycles. The first kappa shape index (κ1) is 14.7. The standard InChI is InChI=1S/C15H14Cl2N2O/c1-2-14(20)19-11-8-6-10(7-9-11)18-13-5-3-4-12(16)15(13)17/h3-9,18H,2H2,1H3,(H,19,20). The van der Waals surface area contributed by atoms with Crippen LogP contribution in [-0.2, 0) is 4.79 Å². The van der Waals surface area contributed by atoms with E-state index in [-0.39, 0.29) is 5.91 Å². The van der Waals surface area contributed by atoms with Crippen molar-refractivity contribution in [1.82, 2.24) is 0 Å². The molecule has 0 aromatic heterocycles. The maximum Gasteiger partial charge on any atom is 0.224 e. The second-order valence-corrected chi connectivity index (χ2v) is 4.99. The predicted molar refractivity (Wildman–Crippen MR) is 85.1 cm³/mol. The van der Waals surface area contributed by atoms with Gasteiger partial charge in [-0.05, 0) is 36.4 Å². The highest BCUT2D eigenvalue weighted by Crippen LogP contribution is 2.31. The van der Waals surface area contributed by atoms with E-state index in [0.29, 0.717) is 16.5 Å². The van der Waals surface area contributed by atoms with Crippen molar-refractivity contribution in [2.24, 2.45) is 0 Å². The zero-order valence-corrected chi connectivity index (χ0v) is 12.4. The Morgan fingerprint density at radius 3 is 2.35 bits per heavy atom. The molecule has 0 radical (unpaired) electrons. The summed E-state index contributed by atoms with van der Waals surface area (Å²) >= 11 is 12.1. The third kappa shape index (κ3) is 3.65. The second kappa shape index (κ2) is 6.64. The zero-order chi connectivity index (χ0) is 14.5. The number of anilines is 3. The molecule has 3 nitrogen and oxygen atoms in total. The van der Waals surface area contributed by atoms with Crippen LogP contribution in [0, 0.1) is 0 Å². The summed E-state index contributed by atoms with van der Waals surface area (Å²) in [5, 5.41) is 6.95. The molecule has 104 valence electrons. The fourth-order valence-electron chi connectivity index (χ4n) is 1.64. The van der Waals surface area contributed by atoms with E-state index in [1.54, 1.807) is 6.07 Å². The summed E-state index contributed by atoms with van der Waals surface area (Å²) in [4.78, 5) is 11.3. The van der Waals surface area contributed by atoms with Gasteiger partial charge in [-0.15, -0.1) is 0 Å². The molecule has 0 aliphatic rings. The normalized spacial score (nSPS) is 10.2. The molecule has 0 fully saturated rings. The first-order valence-electron chi connectivity index (χ1n) is 6.21. The van der Waals surface area contributed by atoms with Gasteiger partial charge in [0.05, 0.1) is 15.7 Å². The molecule has 2 aromatic carbocycles. The van der Waals surface area contributed by atoms with Gasteiger partial charge in [0.15, 0.2) is 0 Å². The van der Waals surface area contributed by atoms with Crippen LogP contribution in [-0.4, -0.2) is 5.91 Å². The molecule has 0 atom stereocenters. The fourth-order valence-corrected chi connectivity index (χ4v) is 1.99. The van der Waals surface area contributed by atoms with Crippen molar-refractivity contribution >= 4 is 46.2 Å². The number of nitrogens with one attached hydrogen (secondary N) is 2. The van der Waals surface area contributed by atoms with Crippen molar-refractivity contribution < 1.29 is 4.79 Å². The Hall–Kier alpha value is -1.71. The van der Waals surface area contributed by atoms with Crippen LogP contribution in [0.25, 0.3) is 0 Å². The van der Waals surface area contributed by atoms with Crippen molar-refractivity contribution in [3.63, 3.8) is 0 Å². The van der Waals surface area contributed by atoms with E-state index in [9.17, 15) is 4.79 Å². The van der Waals surface area contributed by atoms with Gasteiger partial charge in [0.2, 0.25) is 5.91 Å². The maximum absolute atomic E-state index is 11.3. The molecule has 0 unspecified atom stereocenters. The minimum Gasteiger partial charge on any atom is -0.354 e. The highest BCUT2D eigenvalue weighted by molar-refractivity contribution is 6.43. The molecule has 2 N–H and O–H groups in total. The maximum atomic E-state index is 11.3. The number of hydrogen-bond acceptors (Lipinski definition) is 2. The Balaban J connectivity index is 2.11. The van der Waals surface area contributed by atoms with Gasteiger partial charge in [-0.3, -0.25) is 4.79 Å². The molecule has 2 aromatic rings. The van der Waals surface area contributed by atoms with Crippen LogP contribution in [0.1, 0.15) is 13.3 Å². The van der Waals surface area contributed by atoms with Crippen molar-refractivity contribution in [2.75, 3.05) is 10.6 Å². The fraction of sp³-hybridized carbons (Fsp3) is 0.133. The number of benzene rings is 2.